The number of aromatic nitrogens is 1. The lowest BCUT2D eigenvalue weighted by Gasteiger charge is -2.25. The standard InChI is InChI=1S/C17H17FN2O5/c1-10(17(22)23)20(11-6-7-11)16(21)14-8-12(25-19-14)9-24-15-5-3-2-4-13(15)18/h2-5,8,10-11H,6-7,9H2,1H3,(H,22,23). The van der Waals surface area contributed by atoms with E-state index in [2.05, 4.69) is 5.16 Å². The van der Waals surface area contributed by atoms with E-state index in [0.29, 0.717) is 0 Å². The van der Waals surface area contributed by atoms with E-state index >= 15 is 0 Å². The van der Waals surface area contributed by atoms with Crippen molar-refractivity contribution in [2.75, 3.05) is 0 Å². The molecule has 0 saturated heterocycles. The molecule has 1 aromatic heterocycles. The van der Waals surface area contributed by atoms with Crippen molar-refractivity contribution in [3.05, 3.63) is 47.6 Å². The summed E-state index contributed by atoms with van der Waals surface area (Å²) in [5.41, 5.74) is 0.00661. The number of benzene rings is 1. The lowest BCUT2D eigenvalue weighted by Crippen LogP contribution is -2.44. The Morgan fingerprint density at radius 3 is 2.80 bits per heavy atom. The fourth-order valence-corrected chi connectivity index (χ4v) is 2.45. The molecule has 1 fully saturated rings. The number of ether oxygens (including phenoxy) is 1. The van der Waals surface area contributed by atoms with Gasteiger partial charge in [0.1, 0.15) is 12.6 Å². The van der Waals surface area contributed by atoms with E-state index in [1.807, 2.05) is 0 Å². The molecule has 7 nitrogen and oxygen atoms in total. The largest absolute Gasteiger partial charge is 0.482 e. The first-order valence-electron chi connectivity index (χ1n) is 7.85. The Morgan fingerprint density at radius 2 is 2.16 bits per heavy atom. The molecule has 1 N–H and O–H groups in total. The fourth-order valence-electron chi connectivity index (χ4n) is 2.45. The number of amides is 1. The number of aliphatic carboxylic acids is 1. The second kappa shape index (κ2) is 6.92. The van der Waals surface area contributed by atoms with Crippen molar-refractivity contribution in [3.8, 4) is 5.75 Å². The molecule has 1 unspecified atom stereocenters. The average molecular weight is 348 g/mol. The van der Waals surface area contributed by atoms with Gasteiger partial charge in [-0.3, -0.25) is 4.79 Å². The highest BCUT2D eigenvalue weighted by atomic mass is 19.1. The predicted molar refractivity (Wildman–Crippen MR) is 83.5 cm³/mol. The zero-order chi connectivity index (χ0) is 18.0. The number of hydrogen-bond donors (Lipinski definition) is 1. The number of carbonyl (C=O) groups is 2. The van der Waals surface area contributed by atoms with Gasteiger partial charge in [-0.15, -0.1) is 0 Å². The van der Waals surface area contributed by atoms with E-state index in [0.717, 1.165) is 12.8 Å². The first-order chi connectivity index (χ1) is 12.0. The monoisotopic (exact) mass is 348 g/mol. The Morgan fingerprint density at radius 1 is 1.44 bits per heavy atom. The molecule has 0 aliphatic heterocycles. The summed E-state index contributed by atoms with van der Waals surface area (Å²) in [4.78, 5) is 25.1. The van der Waals surface area contributed by atoms with Crippen molar-refractivity contribution in [1.82, 2.24) is 10.1 Å². The fraction of sp³-hybridized carbons (Fsp3) is 0.353. The second-order valence-electron chi connectivity index (χ2n) is 5.86. The zero-order valence-electron chi connectivity index (χ0n) is 13.5. The summed E-state index contributed by atoms with van der Waals surface area (Å²) < 4.78 is 23.8. The van der Waals surface area contributed by atoms with Crippen LogP contribution in [0.2, 0.25) is 0 Å². The van der Waals surface area contributed by atoms with Crippen LogP contribution in [0, 0.1) is 5.82 Å². The first kappa shape index (κ1) is 16.9. The highest BCUT2D eigenvalue weighted by Gasteiger charge is 2.39. The molecule has 2 aromatic rings. The van der Waals surface area contributed by atoms with E-state index in [1.54, 1.807) is 12.1 Å². The van der Waals surface area contributed by atoms with Crippen LogP contribution < -0.4 is 4.74 Å². The molecule has 132 valence electrons. The molecule has 1 amide bonds. The molecule has 1 saturated carbocycles. The van der Waals surface area contributed by atoms with Crippen LogP contribution >= 0.6 is 0 Å². The highest BCUT2D eigenvalue weighted by Crippen LogP contribution is 2.30. The lowest BCUT2D eigenvalue weighted by atomic mass is 10.2. The van der Waals surface area contributed by atoms with Gasteiger partial charge in [0, 0.05) is 12.1 Å². The third-order valence-electron chi connectivity index (χ3n) is 3.93. The van der Waals surface area contributed by atoms with Crippen molar-refractivity contribution in [2.45, 2.75) is 38.5 Å². The van der Waals surface area contributed by atoms with Gasteiger partial charge in [-0.05, 0) is 31.9 Å². The van der Waals surface area contributed by atoms with Gasteiger partial charge >= 0.3 is 5.97 Å². The minimum Gasteiger partial charge on any atom is -0.482 e. The highest BCUT2D eigenvalue weighted by molar-refractivity contribution is 5.95. The van der Waals surface area contributed by atoms with Crippen LogP contribution in [0.5, 0.6) is 5.75 Å². The van der Waals surface area contributed by atoms with Crippen molar-refractivity contribution in [1.29, 1.82) is 0 Å². The van der Waals surface area contributed by atoms with Gasteiger partial charge in [0.15, 0.2) is 23.0 Å². The summed E-state index contributed by atoms with van der Waals surface area (Å²) >= 11 is 0. The average Bonchev–Trinajstić information content (AvgIpc) is 3.30. The summed E-state index contributed by atoms with van der Waals surface area (Å²) in [7, 11) is 0. The molecule has 0 bridgehead atoms. The smallest absolute Gasteiger partial charge is 0.326 e. The van der Waals surface area contributed by atoms with Crippen molar-refractivity contribution >= 4 is 11.9 Å². The minimum absolute atomic E-state index is 0.00661. The molecule has 25 heavy (non-hydrogen) atoms. The van der Waals surface area contributed by atoms with E-state index < -0.39 is 23.7 Å². The number of para-hydroxylation sites is 1. The van der Waals surface area contributed by atoms with Gasteiger partial charge in [-0.2, -0.15) is 0 Å². The van der Waals surface area contributed by atoms with Crippen LogP contribution in [0.4, 0.5) is 4.39 Å². The molecule has 1 atom stereocenters. The summed E-state index contributed by atoms with van der Waals surface area (Å²) in [6.07, 6.45) is 1.54. The van der Waals surface area contributed by atoms with Crippen LogP contribution in [-0.2, 0) is 11.4 Å². The summed E-state index contributed by atoms with van der Waals surface area (Å²) in [5.74, 6) is -1.78. The topological polar surface area (TPSA) is 92.9 Å². The minimum atomic E-state index is -1.08. The molecule has 0 spiro atoms. The molecule has 8 heteroatoms. The number of rotatable bonds is 7. The first-order valence-corrected chi connectivity index (χ1v) is 7.85. The Bertz CT molecular complexity index is 787. The summed E-state index contributed by atoms with van der Waals surface area (Å²) in [6, 6.07) is 6.26. The Labute approximate surface area is 143 Å². The Kier molecular flexibility index (Phi) is 4.69. The maximum atomic E-state index is 13.5. The Hall–Kier alpha value is -2.90. The van der Waals surface area contributed by atoms with Gasteiger partial charge in [0.2, 0.25) is 0 Å². The number of nitrogens with zero attached hydrogens (tertiary/aromatic N) is 2. The number of carboxylic acids is 1. The van der Waals surface area contributed by atoms with Crippen LogP contribution in [0.15, 0.2) is 34.9 Å². The van der Waals surface area contributed by atoms with E-state index in [-0.39, 0.29) is 29.9 Å². The quantitative estimate of drug-likeness (QED) is 0.826. The van der Waals surface area contributed by atoms with Crippen LogP contribution in [-0.4, -0.2) is 39.1 Å². The molecule has 1 aromatic carbocycles. The van der Waals surface area contributed by atoms with Crippen LogP contribution in [0.3, 0.4) is 0 Å². The van der Waals surface area contributed by atoms with E-state index in [1.165, 1.54) is 30.0 Å². The molecule has 1 heterocycles. The number of halogens is 1. The molecular weight excluding hydrogens is 331 g/mol. The van der Waals surface area contributed by atoms with Crippen LogP contribution in [0.25, 0.3) is 0 Å². The number of carboxylic acid groups (broad SMARTS) is 1. The number of hydrogen-bond acceptors (Lipinski definition) is 5. The third-order valence-corrected chi connectivity index (χ3v) is 3.93. The molecule has 0 radical (unpaired) electrons. The summed E-state index contributed by atoms with van der Waals surface area (Å²) in [6.45, 7) is 1.36. The lowest BCUT2D eigenvalue weighted by molar-refractivity contribution is -0.141. The van der Waals surface area contributed by atoms with Crippen molar-refractivity contribution in [3.63, 3.8) is 0 Å². The van der Waals surface area contributed by atoms with Crippen molar-refractivity contribution in [2.24, 2.45) is 0 Å². The van der Waals surface area contributed by atoms with Gasteiger partial charge in [0.25, 0.3) is 5.91 Å². The Balaban J connectivity index is 1.68. The molecule has 1 aliphatic rings. The van der Waals surface area contributed by atoms with E-state index in [9.17, 15) is 19.1 Å². The molecular formula is C17H17FN2O5. The summed E-state index contributed by atoms with van der Waals surface area (Å²) in [5, 5.41) is 12.9. The normalized spacial score (nSPS) is 14.8. The molecule has 1 aliphatic carbocycles. The van der Waals surface area contributed by atoms with Gasteiger partial charge < -0.3 is 19.3 Å². The van der Waals surface area contributed by atoms with Crippen molar-refractivity contribution < 1.29 is 28.3 Å². The van der Waals surface area contributed by atoms with Gasteiger partial charge in [-0.25, -0.2) is 9.18 Å². The number of carbonyl (C=O) groups excluding carboxylic acids is 1. The molecule has 3 rings (SSSR count). The maximum absolute atomic E-state index is 13.5. The second-order valence-corrected chi connectivity index (χ2v) is 5.86. The third kappa shape index (κ3) is 3.78. The van der Waals surface area contributed by atoms with Gasteiger partial charge in [-0.1, -0.05) is 17.3 Å². The van der Waals surface area contributed by atoms with Gasteiger partial charge in [0.05, 0.1) is 0 Å². The van der Waals surface area contributed by atoms with Crippen LogP contribution in [0.1, 0.15) is 36.0 Å². The zero-order valence-corrected chi connectivity index (χ0v) is 13.5. The maximum Gasteiger partial charge on any atom is 0.326 e. The SMILES string of the molecule is CC(C(=O)O)N(C(=O)c1cc(COc2ccccc2F)on1)C1CC1. The van der Waals surface area contributed by atoms with E-state index in [4.69, 9.17) is 9.26 Å². The predicted octanol–water partition coefficient (Wildman–Crippen LogP) is 2.47.